The molecular weight excluding hydrogens is 336 g/mol. The first-order valence-electron chi connectivity index (χ1n) is 6.61. The van der Waals surface area contributed by atoms with Crippen LogP contribution in [0, 0.1) is 6.92 Å². The van der Waals surface area contributed by atoms with E-state index in [0.717, 1.165) is 32.2 Å². The lowest BCUT2D eigenvalue weighted by molar-refractivity contribution is 0.303. The average molecular weight is 355 g/mol. The Balaban J connectivity index is 2.08. The molecule has 2 aromatic rings. The summed E-state index contributed by atoms with van der Waals surface area (Å²) in [5, 5.41) is 4.49. The van der Waals surface area contributed by atoms with E-state index in [1.54, 1.807) is 11.3 Å². The van der Waals surface area contributed by atoms with E-state index in [2.05, 4.69) is 46.1 Å². The number of para-hydroxylation sites is 1. The molecule has 108 valence electrons. The van der Waals surface area contributed by atoms with Gasteiger partial charge in [-0.25, -0.2) is 4.98 Å². The molecule has 0 saturated carbocycles. The van der Waals surface area contributed by atoms with Gasteiger partial charge in [-0.1, -0.05) is 26.0 Å². The zero-order valence-electron chi connectivity index (χ0n) is 11.9. The number of nitrogens with one attached hydrogen (secondary N) is 1. The first-order chi connectivity index (χ1) is 9.56. The Morgan fingerprint density at radius 3 is 2.85 bits per heavy atom. The smallest absolute Gasteiger partial charge is 0.138 e. The molecule has 0 spiro atoms. The molecule has 0 atom stereocenters. The van der Waals surface area contributed by atoms with Crippen molar-refractivity contribution in [2.45, 2.75) is 40.0 Å². The van der Waals surface area contributed by atoms with Crippen LogP contribution >= 0.6 is 27.3 Å². The van der Waals surface area contributed by atoms with Gasteiger partial charge in [0.15, 0.2) is 0 Å². The molecule has 20 heavy (non-hydrogen) atoms. The summed E-state index contributed by atoms with van der Waals surface area (Å²) in [6.07, 6.45) is 1.88. The van der Waals surface area contributed by atoms with Crippen LogP contribution in [0.4, 0.5) is 0 Å². The molecule has 0 bridgehead atoms. The van der Waals surface area contributed by atoms with Gasteiger partial charge in [-0.15, -0.1) is 11.3 Å². The van der Waals surface area contributed by atoms with Gasteiger partial charge in [0, 0.05) is 24.3 Å². The Morgan fingerprint density at radius 1 is 1.40 bits per heavy atom. The van der Waals surface area contributed by atoms with Crippen LogP contribution in [-0.2, 0) is 13.2 Å². The second-order valence-corrected chi connectivity index (χ2v) is 7.07. The van der Waals surface area contributed by atoms with Crippen LogP contribution in [-0.4, -0.2) is 11.0 Å². The van der Waals surface area contributed by atoms with Crippen molar-refractivity contribution < 1.29 is 4.74 Å². The normalized spacial score (nSPS) is 11.1. The Hall–Kier alpha value is -0.910. The number of nitrogens with zero attached hydrogens (tertiary/aromatic N) is 1. The summed E-state index contributed by atoms with van der Waals surface area (Å²) < 4.78 is 6.97. The molecule has 0 aliphatic rings. The van der Waals surface area contributed by atoms with E-state index in [1.165, 1.54) is 0 Å². The highest BCUT2D eigenvalue weighted by Crippen LogP contribution is 2.30. The topological polar surface area (TPSA) is 34.1 Å². The molecule has 0 aliphatic carbocycles. The van der Waals surface area contributed by atoms with E-state index in [0.29, 0.717) is 12.6 Å². The maximum atomic E-state index is 5.98. The van der Waals surface area contributed by atoms with Crippen molar-refractivity contribution in [1.29, 1.82) is 0 Å². The van der Waals surface area contributed by atoms with Gasteiger partial charge in [0.05, 0.1) is 14.4 Å². The highest BCUT2D eigenvalue weighted by atomic mass is 79.9. The van der Waals surface area contributed by atoms with Crippen LogP contribution in [0.5, 0.6) is 5.75 Å². The molecule has 0 aliphatic heterocycles. The van der Waals surface area contributed by atoms with Gasteiger partial charge >= 0.3 is 0 Å². The number of hydrogen-bond donors (Lipinski definition) is 1. The van der Waals surface area contributed by atoms with E-state index < -0.39 is 0 Å². The summed E-state index contributed by atoms with van der Waals surface area (Å²) in [5.41, 5.74) is 1.16. The van der Waals surface area contributed by atoms with Crippen molar-refractivity contribution in [1.82, 2.24) is 10.3 Å². The van der Waals surface area contributed by atoms with Crippen molar-refractivity contribution in [3.63, 3.8) is 0 Å². The van der Waals surface area contributed by atoms with E-state index >= 15 is 0 Å². The molecule has 0 radical (unpaired) electrons. The van der Waals surface area contributed by atoms with Crippen molar-refractivity contribution in [3.8, 4) is 5.75 Å². The molecule has 1 aromatic carbocycles. The predicted octanol–water partition coefficient (Wildman–Crippen LogP) is 4.29. The third-order valence-electron chi connectivity index (χ3n) is 2.78. The number of aromatic nitrogens is 1. The van der Waals surface area contributed by atoms with Crippen LogP contribution in [0.15, 0.2) is 28.9 Å². The van der Waals surface area contributed by atoms with Gasteiger partial charge in [-0.2, -0.15) is 0 Å². The number of benzene rings is 1. The number of halogens is 1. The van der Waals surface area contributed by atoms with Crippen LogP contribution in [0.25, 0.3) is 0 Å². The maximum absolute atomic E-state index is 5.98. The molecule has 1 heterocycles. The number of thiazole rings is 1. The lowest BCUT2D eigenvalue weighted by Gasteiger charge is -2.14. The molecule has 2 rings (SSSR count). The molecule has 0 amide bonds. The second-order valence-electron chi connectivity index (χ2n) is 4.90. The van der Waals surface area contributed by atoms with Crippen molar-refractivity contribution >= 4 is 27.3 Å². The second kappa shape index (κ2) is 7.20. The number of hydrogen-bond acceptors (Lipinski definition) is 4. The number of aryl methyl sites for hydroxylation is 1. The minimum Gasteiger partial charge on any atom is -0.486 e. The van der Waals surface area contributed by atoms with E-state index in [-0.39, 0.29) is 0 Å². The molecule has 3 nitrogen and oxygen atoms in total. The van der Waals surface area contributed by atoms with Gasteiger partial charge in [0.1, 0.15) is 12.4 Å². The molecule has 5 heteroatoms. The Morgan fingerprint density at radius 2 is 2.20 bits per heavy atom. The molecule has 1 aromatic heterocycles. The van der Waals surface area contributed by atoms with Crippen molar-refractivity contribution in [2.75, 3.05) is 0 Å². The minimum absolute atomic E-state index is 0.450. The number of ether oxygens (including phenoxy) is 1. The summed E-state index contributed by atoms with van der Waals surface area (Å²) in [6, 6.07) is 6.58. The number of rotatable bonds is 6. The maximum Gasteiger partial charge on any atom is 0.138 e. The highest BCUT2D eigenvalue weighted by molar-refractivity contribution is 9.10. The molecular formula is C15H19BrN2OS. The third-order valence-corrected chi connectivity index (χ3v) is 4.29. The molecule has 1 N–H and O–H groups in total. The highest BCUT2D eigenvalue weighted by Gasteiger charge is 2.09. The van der Waals surface area contributed by atoms with E-state index in [4.69, 9.17) is 4.74 Å². The first-order valence-corrected chi connectivity index (χ1v) is 8.22. The van der Waals surface area contributed by atoms with E-state index in [9.17, 15) is 0 Å². The fraction of sp³-hybridized carbons (Fsp3) is 0.400. The monoisotopic (exact) mass is 354 g/mol. The standard InChI is InChI=1S/C15H19BrN2OS/c1-10(2)17-7-12-5-4-6-14(16)15(12)19-9-13-8-18-11(3)20-13/h4-6,8,10,17H,7,9H2,1-3H3. The molecule has 0 saturated heterocycles. The summed E-state index contributed by atoms with van der Waals surface area (Å²) in [5.74, 6) is 0.909. The average Bonchev–Trinajstić information content (AvgIpc) is 2.81. The van der Waals surface area contributed by atoms with Crippen molar-refractivity contribution in [3.05, 3.63) is 44.3 Å². The van der Waals surface area contributed by atoms with Gasteiger partial charge in [0.2, 0.25) is 0 Å². The van der Waals surface area contributed by atoms with Crippen molar-refractivity contribution in [2.24, 2.45) is 0 Å². The zero-order valence-corrected chi connectivity index (χ0v) is 14.3. The molecule has 0 unspecified atom stereocenters. The zero-order chi connectivity index (χ0) is 14.5. The fourth-order valence-electron chi connectivity index (χ4n) is 1.78. The lowest BCUT2D eigenvalue weighted by atomic mass is 10.2. The Labute approximate surface area is 132 Å². The predicted molar refractivity (Wildman–Crippen MR) is 87.3 cm³/mol. The Bertz CT molecular complexity index is 569. The summed E-state index contributed by atoms with van der Waals surface area (Å²) in [4.78, 5) is 5.39. The first kappa shape index (κ1) is 15.5. The van der Waals surface area contributed by atoms with Gasteiger partial charge in [-0.05, 0) is 28.9 Å². The SMILES string of the molecule is Cc1ncc(COc2c(Br)cccc2CNC(C)C)s1. The minimum atomic E-state index is 0.450. The fourth-order valence-corrected chi connectivity index (χ4v) is 3.01. The van der Waals surface area contributed by atoms with Crippen LogP contribution in [0.2, 0.25) is 0 Å². The van der Waals surface area contributed by atoms with Crippen LogP contribution < -0.4 is 10.1 Å². The van der Waals surface area contributed by atoms with Gasteiger partial charge < -0.3 is 10.1 Å². The summed E-state index contributed by atoms with van der Waals surface area (Å²) >= 11 is 5.24. The van der Waals surface area contributed by atoms with E-state index in [1.807, 2.05) is 25.3 Å². The summed E-state index contributed by atoms with van der Waals surface area (Å²) in [6.45, 7) is 7.64. The largest absolute Gasteiger partial charge is 0.486 e. The summed E-state index contributed by atoms with van der Waals surface area (Å²) in [7, 11) is 0. The Kier molecular flexibility index (Phi) is 5.57. The quantitative estimate of drug-likeness (QED) is 0.839. The van der Waals surface area contributed by atoms with Gasteiger partial charge in [0.25, 0.3) is 0 Å². The van der Waals surface area contributed by atoms with Crippen LogP contribution in [0.1, 0.15) is 29.3 Å². The van der Waals surface area contributed by atoms with Crippen LogP contribution in [0.3, 0.4) is 0 Å². The molecule has 0 fully saturated rings. The third kappa shape index (κ3) is 4.30. The lowest BCUT2D eigenvalue weighted by Crippen LogP contribution is -2.22. The van der Waals surface area contributed by atoms with Gasteiger partial charge in [-0.3, -0.25) is 0 Å².